The Morgan fingerprint density at radius 3 is 2.95 bits per heavy atom. The SMILES string of the molecule is COCC(C)(CCO)NC(=O)c1cccn1C1CC1. The molecular formula is C14H22N2O3. The zero-order valence-corrected chi connectivity index (χ0v) is 11.6. The lowest BCUT2D eigenvalue weighted by atomic mass is 9.99. The maximum Gasteiger partial charge on any atom is 0.268 e. The van der Waals surface area contributed by atoms with Crippen molar-refractivity contribution in [3.63, 3.8) is 0 Å². The Balaban J connectivity index is 2.07. The van der Waals surface area contributed by atoms with Crippen LogP contribution in [0.25, 0.3) is 0 Å². The molecular weight excluding hydrogens is 244 g/mol. The van der Waals surface area contributed by atoms with Crippen LogP contribution in [0.5, 0.6) is 0 Å². The number of ether oxygens (including phenoxy) is 1. The van der Waals surface area contributed by atoms with Gasteiger partial charge in [-0.25, -0.2) is 0 Å². The number of nitrogens with zero attached hydrogens (tertiary/aromatic N) is 1. The van der Waals surface area contributed by atoms with Crippen LogP contribution < -0.4 is 5.32 Å². The Kier molecular flexibility index (Phi) is 4.27. The van der Waals surface area contributed by atoms with E-state index in [1.807, 2.05) is 29.8 Å². The molecule has 19 heavy (non-hydrogen) atoms. The maximum atomic E-state index is 12.4. The molecule has 0 radical (unpaired) electrons. The summed E-state index contributed by atoms with van der Waals surface area (Å²) in [6.07, 6.45) is 4.70. The second-order valence-electron chi connectivity index (χ2n) is 5.45. The summed E-state index contributed by atoms with van der Waals surface area (Å²) in [5, 5.41) is 12.1. The van der Waals surface area contributed by atoms with Crippen molar-refractivity contribution in [3.8, 4) is 0 Å². The molecule has 1 aliphatic rings. The van der Waals surface area contributed by atoms with Gasteiger partial charge in [0, 0.05) is 26.0 Å². The fourth-order valence-electron chi connectivity index (χ4n) is 2.33. The summed E-state index contributed by atoms with van der Waals surface area (Å²) in [5.74, 6) is -0.107. The third-order valence-corrected chi connectivity index (χ3v) is 3.49. The van der Waals surface area contributed by atoms with Crippen LogP contribution >= 0.6 is 0 Å². The summed E-state index contributed by atoms with van der Waals surface area (Å²) >= 11 is 0. The summed E-state index contributed by atoms with van der Waals surface area (Å²) in [4.78, 5) is 12.4. The minimum atomic E-state index is -0.542. The van der Waals surface area contributed by atoms with Crippen molar-refractivity contribution in [1.82, 2.24) is 9.88 Å². The molecule has 0 spiro atoms. The van der Waals surface area contributed by atoms with Gasteiger partial charge in [0.25, 0.3) is 5.91 Å². The maximum absolute atomic E-state index is 12.4. The largest absolute Gasteiger partial charge is 0.396 e. The van der Waals surface area contributed by atoms with E-state index in [9.17, 15) is 4.79 Å². The van der Waals surface area contributed by atoms with Gasteiger partial charge in [-0.15, -0.1) is 0 Å². The molecule has 0 aromatic carbocycles. The first-order chi connectivity index (χ1) is 9.09. The molecule has 1 unspecified atom stereocenters. The van der Waals surface area contributed by atoms with E-state index in [4.69, 9.17) is 9.84 Å². The van der Waals surface area contributed by atoms with Crippen LogP contribution in [-0.4, -0.2) is 41.4 Å². The van der Waals surface area contributed by atoms with Crippen LogP contribution in [0, 0.1) is 0 Å². The Hall–Kier alpha value is -1.33. The summed E-state index contributed by atoms with van der Waals surface area (Å²) in [7, 11) is 1.59. The van der Waals surface area contributed by atoms with Crippen LogP contribution in [-0.2, 0) is 4.74 Å². The lowest BCUT2D eigenvalue weighted by molar-refractivity contribution is 0.0718. The second-order valence-corrected chi connectivity index (χ2v) is 5.45. The number of carbonyl (C=O) groups excluding carboxylic acids is 1. The van der Waals surface area contributed by atoms with E-state index in [1.54, 1.807) is 7.11 Å². The van der Waals surface area contributed by atoms with Gasteiger partial charge in [-0.1, -0.05) is 0 Å². The molecule has 1 aromatic rings. The number of nitrogens with one attached hydrogen (secondary N) is 1. The predicted octanol–water partition coefficient (Wildman–Crippen LogP) is 1.34. The monoisotopic (exact) mass is 266 g/mol. The van der Waals surface area contributed by atoms with Gasteiger partial charge in [-0.05, 0) is 38.3 Å². The van der Waals surface area contributed by atoms with Crippen LogP contribution in [0.15, 0.2) is 18.3 Å². The summed E-state index contributed by atoms with van der Waals surface area (Å²) < 4.78 is 7.16. The van der Waals surface area contributed by atoms with E-state index in [-0.39, 0.29) is 12.5 Å². The third kappa shape index (κ3) is 3.36. The van der Waals surface area contributed by atoms with Crippen molar-refractivity contribution in [2.45, 2.75) is 37.8 Å². The third-order valence-electron chi connectivity index (χ3n) is 3.49. The molecule has 0 bridgehead atoms. The molecule has 1 amide bonds. The van der Waals surface area contributed by atoms with E-state index in [1.165, 1.54) is 0 Å². The van der Waals surface area contributed by atoms with Gasteiger partial charge < -0.3 is 19.7 Å². The second kappa shape index (κ2) is 5.75. The molecule has 1 aromatic heterocycles. The van der Waals surface area contributed by atoms with Gasteiger partial charge in [0.05, 0.1) is 12.1 Å². The van der Waals surface area contributed by atoms with Crippen LogP contribution in [0.3, 0.4) is 0 Å². The zero-order chi connectivity index (χ0) is 13.9. The lowest BCUT2D eigenvalue weighted by Gasteiger charge is -2.29. The van der Waals surface area contributed by atoms with Gasteiger partial charge in [-0.3, -0.25) is 4.79 Å². The van der Waals surface area contributed by atoms with Crippen LogP contribution in [0.2, 0.25) is 0 Å². The highest BCUT2D eigenvalue weighted by Gasteiger charge is 2.30. The smallest absolute Gasteiger partial charge is 0.268 e. The minimum absolute atomic E-state index is 0.0176. The fraction of sp³-hybridized carbons (Fsp3) is 0.643. The van der Waals surface area contributed by atoms with Crippen molar-refractivity contribution < 1.29 is 14.6 Å². The molecule has 0 saturated heterocycles. The standard InChI is InChI=1S/C14H22N2O3/c1-14(7-9-17,10-19-2)15-13(18)12-4-3-8-16(12)11-5-6-11/h3-4,8,11,17H,5-7,9-10H2,1-2H3,(H,15,18). The first-order valence-corrected chi connectivity index (χ1v) is 6.69. The molecule has 5 nitrogen and oxygen atoms in total. The van der Waals surface area contributed by atoms with Gasteiger partial charge in [0.1, 0.15) is 5.69 Å². The fourth-order valence-corrected chi connectivity index (χ4v) is 2.33. The average molecular weight is 266 g/mol. The summed E-state index contributed by atoms with van der Waals surface area (Å²) in [6, 6.07) is 4.20. The lowest BCUT2D eigenvalue weighted by Crippen LogP contribution is -2.50. The predicted molar refractivity (Wildman–Crippen MR) is 72.2 cm³/mol. The molecule has 0 aliphatic heterocycles. The Morgan fingerprint density at radius 2 is 2.37 bits per heavy atom. The number of aliphatic hydroxyl groups is 1. The Bertz CT molecular complexity index is 432. The summed E-state index contributed by atoms with van der Waals surface area (Å²) in [6.45, 7) is 2.28. The van der Waals surface area contributed by atoms with Crippen molar-refractivity contribution in [1.29, 1.82) is 0 Å². The molecule has 1 atom stereocenters. The molecule has 1 heterocycles. The Morgan fingerprint density at radius 1 is 1.63 bits per heavy atom. The van der Waals surface area contributed by atoms with Gasteiger partial charge in [0.2, 0.25) is 0 Å². The first-order valence-electron chi connectivity index (χ1n) is 6.69. The highest BCUT2D eigenvalue weighted by atomic mass is 16.5. The van der Waals surface area contributed by atoms with Crippen LogP contribution in [0.4, 0.5) is 0 Å². The van der Waals surface area contributed by atoms with Gasteiger partial charge >= 0.3 is 0 Å². The van der Waals surface area contributed by atoms with Crippen molar-refractivity contribution in [2.75, 3.05) is 20.3 Å². The van der Waals surface area contributed by atoms with E-state index in [2.05, 4.69) is 5.32 Å². The van der Waals surface area contributed by atoms with E-state index in [0.29, 0.717) is 24.8 Å². The number of methoxy groups -OCH3 is 1. The highest BCUT2D eigenvalue weighted by molar-refractivity contribution is 5.93. The molecule has 2 N–H and O–H groups in total. The van der Waals surface area contributed by atoms with Crippen molar-refractivity contribution in [3.05, 3.63) is 24.0 Å². The van der Waals surface area contributed by atoms with E-state index >= 15 is 0 Å². The molecule has 1 saturated carbocycles. The molecule has 1 aliphatic carbocycles. The number of aliphatic hydroxyl groups excluding tert-OH is 1. The number of hydrogen-bond acceptors (Lipinski definition) is 3. The topological polar surface area (TPSA) is 63.5 Å². The van der Waals surface area contributed by atoms with Crippen molar-refractivity contribution in [2.24, 2.45) is 0 Å². The number of rotatable bonds is 7. The molecule has 2 rings (SSSR count). The van der Waals surface area contributed by atoms with Gasteiger partial charge in [-0.2, -0.15) is 0 Å². The Labute approximate surface area is 113 Å². The van der Waals surface area contributed by atoms with Crippen LogP contribution in [0.1, 0.15) is 42.7 Å². The number of aromatic nitrogens is 1. The quantitative estimate of drug-likeness (QED) is 0.783. The van der Waals surface area contributed by atoms with E-state index in [0.717, 1.165) is 12.8 Å². The van der Waals surface area contributed by atoms with Gasteiger partial charge in [0.15, 0.2) is 0 Å². The number of amides is 1. The zero-order valence-electron chi connectivity index (χ0n) is 11.6. The average Bonchev–Trinajstić information content (AvgIpc) is 3.06. The normalized spacial score (nSPS) is 18.1. The first kappa shape index (κ1) is 14.1. The van der Waals surface area contributed by atoms with Crippen molar-refractivity contribution >= 4 is 5.91 Å². The number of hydrogen-bond donors (Lipinski definition) is 2. The van der Waals surface area contributed by atoms with E-state index < -0.39 is 5.54 Å². The molecule has 1 fully saturated rings. The minimum Gasteiger partial charge on any atom is -0.396 e. The summed E-state index contributed by atoms with van der Waals surface area (Å²) in [5.41, 5.74) is 0.141. The molecule has 5 heteroatoms. The molecule has 106 valence electrons. The number of carbonyl (C=O) groups is 1. The highest BCUT2D eigenvalue weighted by Crippen LogP contribution is 2.36.